The molecule has 0 atom stereocenters. The van der Waals surface area contributed by atoms with Crippen LogP contribution in [0.2, 0.25) is 0 Å². The van der Waals surface area contributed by atoms with E-state index in [1.54, 1.807) is 13.8 Å². The highest BCUT2D eigenvalue weighted by Crippen LogP contribution is 2.17. The summed E-state index contributed by atoms with van der Waals surface area (Å²) >= 11 is 0. The van der Waals surface area contributed by atoms with Gasteiger partial charge in [-0.1, -0.05) is 0 Å². The fraction of sp³-hybridized carbons (Fsp3) is 0.429. The Balaban J connectivity index is 2.90. The molecule has 7 heteroatoms. The van der Waals surface area contributed by atoms with E-state index in [-0.39, 0.29) is 23.9 Å². The molecule has 0 aliphatic rings. The smallest absolute Gasteiger partial charge is 0.335 e. The number of halogens is 1. The number of hydrogen-bond acceptors (Lipinski definition) is 3. The molecule has 116 valence electrons. The molecule has 0 unspecified atom stereocenters. The molecule has 3 N–H and O–H groups in total. The largest absolute Gasteiger partial charge is 0.478 e. The molecule has 1 aromatic rings. The standard InChI is InChI=1S/C14H19FN2O4/c1-9(2)17(6-3-7-18)14(21)16-12-8-10(13(19)20)4-5-11(12)15/h4-5,8-9,18H,3,6-7H2,1-2H3,(H,16,21)(H,19,20). The van der Waals surface area contributed by atoms with Crippen molar-refractivity contribution in [3.8, 4) is 0 Å². The van der Waals surface area contributed by atoms with Crippen LogP contribution in [0.3, 0.4) is 0 Å². The molecule has 0 spiro atoms. The lowest BCUT2D eigenvalue weighted by Gasteiger charge is -2.26. The first-order chi connectivity index (χ1) is 9.86. The van der Waals surface area contributed by atoms with Gasteiger partial charge in [-0.05, 0) is 38.5 Å². The normalized spacial score (nSPS) is 10.5. The maximum absolute atomic E-state index is 13.6. The maximum atomic E-state index is 13.6. The van der Waals surface area contributed by atoms with Crippen LogP contribution in [0.4, 0.5) is 14.9 Å². The number of urea groups is 1. The first-order valence-corrected chi connectivity index (χ1v) is 6.58. The molecule has 0 radical (unpaired) electrons. The number of aliphatic hydroxyl groups is 1. The van der Waals surface area contributed by atoms with Crippen molar-refractivity contribution >= 4 is 17.7 Å². The van der Waals surface area contributed by atoms with E-state index in [1.807, 2.05) is 0 Å². The summed E-state index contributed by atoms with van der Waals surface area (Å²) in [6, 6.07) is 2.51. The van der Waals surface area contributed by atoms with Gasteiger partial charge in [-0.15, -0.1) is 0 Å². The van der Waals surface area contributed by atoms with Crippen molar-refractivity contribution in [3.05, 3.63) is 29.6 Å². The molecule has 0 fully saturated rings. The highest BCUT2D eigenvalue weighted by atomic mass is 19.1. The van der Waals surface area contributed by atoms with Gasteiger partial charge in [0.1, 0.15) is 5.82 Å². The molecule has 0 aliphatic heterocycles. The van der Waals surface area contributed by atoms with Gasteiger partial charge in [0.15, 0.2) is 0 Å². The number of carboxylic acids is 1. The fourth-order valence-corrected chi connectivity index (χ4v) is 1.78. The molecule has 0 heterocycles. The molecular formula is C14H19FN2O4. The molecule has 0 aliphatic carbocycles. The highest BCUT2D eigenvalue weighted by molar-refractivity contribution is 5.93. The number of amides is 2. The van der Waals surface area contributed by atoms with Crippen molar-refractivity contribution < 1.29 is 24.2 Å². The van der Waals surface area contributed by atoms with Gasteiger partial charge in [-0.3, -0.25) is 0 Å². The summed E-state index contributed by atoms with van der Waals surface area (Å²) in [4.78, 5) is 24.4. The second kappa shape index (κ2) is 7.58. The Kier molecular flexibility index (Phi) is 6.10. The van der Waals surface area contributed by atoms with E-state index in [0.717, 1.165) is 18.2 Å². The lowest BCUT2D eigenvalue weighted by Crippen LogP contribution is -2.41. The van der Waals surface area contributed by atoms with E-state index in [2.05, 4.69) is 5.32 Å². The van der Waals surface area contributed by atoms with E-state index < -0.39 is 17.8 Å². The number of anilines is 1. The fourth-order valence-electron chi connectivity index (χ4n) is 1.78. The molecule has 1 aromatic carbocycles. The van der Waals surface area contributed by atoms with Crippen molar-refractivity contribution in [2.75, 3.05) is 18.5 Å². The second-order valence-electron chi connectivity index (χ2n) is 4.79. The number of aliphatic hydroxyl groups excluding tert-OH is 1. The Morgan fingerprint density at radius 2 is 2.05 bits per heavy atom. The monoisotopic (exact) mass is 298 g/mol. The number of aromatic carboxylic acids is 1. The van der Waals surface area contributed by atoms with Crippen molar-refractivity contribution in [2.45, 2.75) is 26.3 Å². The number of carbonyl (C=O) groups is 2. The van der Waals surface area contributed by atoms with Crippen LogP contribution in [0.5, 0.6) is 0 Å². The van der Waals surface area contributed by atoms with Crippen LogP contribution in [-0.2, 0) is 0 Å². The summed E-state index contributed by atoms with van der Waals surface area (Å²) in [5.74, 6) is -1.91. The lowest BCUT2D eigenvalue weighted by molar-refractivity contribution is 0.0696. The molecule has 0 aromatic heterocycles. The lowest BCUT2D eigenvalue weighted by atomic mass is 10.2. The minimum atomic E-state index is -1.20. The highest BCUT2D eigenvalue weighted by Gasteiger charge is 2.18. The van der Waals surface area contributed by atoms with E-state index in [4.69, 9.17) is 10.2 Å². The van der Waals surface area contributed by atoms with Crippen LogP contribution in [0.1, 0.15) is 30.6 Å². The number of carboxylic acid groups (broad SMARTS) is 1. The van der Waals surface area contributed by atoms with E-state index >= 15 is 0 Å². The van der Waals surface area contributed by atoms with E-state index in [9.17, 15) is 14.0 Å². The number of benzene rings is 1. The topological polar surface area (TPSA) is 89.9 Å². The summed E-state index contributed by atoms with van der Waals surface area (Å²) in [5.41, 5.74) is -0.298. The van der Waals surface area contributed by atoms with Gasteiger partial charge < -0.3 is 20.4 Å². The zero-order valence-corrected chi connectivity index (χ0v) is 12.0. The Labute approximate surface area is 122 Å². The van der Waals surface area contributed by atoms with Crippen molar-refractivity contribution in [1.29, 1.82) is 0 Å². The quantitative estimate of drug-likeness (QED) is 0.750. The third-order valence-corrected chi connectivity index (χ3v) is 2.90. The van der Waals surface area contributed by atoms with Crippen LogP contribution in [0, 0.1) is 5.82 Å². The molecule has 2 amide bonds. The number of nitrogens with zero attached hydrogens (tertiary/aromatic N) is 1. The number of nitrogens with one attached hydrogen (secondary N) is 1. The summed E-state index contributed by atoms with van der Waals surface area (Å²) in [7, 11) is 0. The van der Waals surface area contributed by atoms with Crippen LogP contribution in [0.15, 0.2) is 18.2 Å². The zero-order valence-electron chi connectivity index (χ0n) is 12.0. The van der Waals surface area contributed by atoms with Crippen molar-refractivity contribution in [3.63, 3.8) is 0 Å². The van der Waals surface area contributed by atoms with E-state index in [1.165, 1.54) is 4.90 Å². The van der Waals surface area contributed by atoms with Gasteiger partial charge in [-0.2, -0.15) is 0 Å². The molecule has 1 rings (SSSR count). The van der Waals surface area contributed by atoms with Crippen molar-refractivity contribution in [1.82, 2.24) is 4.90 Å². The zero-order chi connectivity index (χ0) is 16.0. The average Bonchev–Trinajstić information content (AvgIpc) is 2.41. The van der Waals surface area contributed by atoms with Crippen LogP contribution in [0.25, 0.3) is 0 Å². The Hall–Kier alpha value is -2.15. The van der Waals surface area contributed by atoms with Gasteiger partial charge in [0, 0.05) is 19.2 Å². The minimum absolute atomic E-state index is 0.0562. The minimum Gasteiger partial charge on any atom is -0.478 e. The van der Waals surface area contributed by atoms with Crippen molar-refractivity contribution in [2.24, 2.45) is 0 Å². The van der Waals surface area contributed by atoms with Crippen LogP contribution in [-0.4, -0.2) is 46.3 Å². The summed E-state index contributed by atoms with van der Waals surface area (Å²) in [6.07, 6.45) is 0.406. The van der Waals surface area contributed by atoms with Gasteiger partial charge in [-0.25, -0.2) is 14.0 Å². The molecule has 0 bridgehead atoms. The van der Waals surface area contributed by atoms with Gasteiger partial charge >= 0.3 is 12.0 Å². The summed E-state index contributed by atoms with van der Waals surface area (Å²) in [6.45, 7) is 3.85. The van der Waals surface area contributed by atoms with Gasteiger partial charge in [0.05, 0.1) is 11.3 Å². The number of hydrogen-bond donors (Lipinski definition) is 3. The Morgan fingerprint density at radius 3 is 2.57 bits per heavy atom. The Bertz CT molecular complexity index is 520. The maximum Gasteiger partial charge on any atom is 0.335 e. The predicted octanol–water partition coefficient (Wildman–Crippen LogP) is 2.15. The molecule has 0 saturated heterocycles. The number of rotatable bonds is 6. The third kappa shape index (κ3) is 4.71. The summed E-state index contributed by atoms with van der Waals surface area (Å²) < 4.78 is 13.6. The first-order valence-electron chi connectivity index (χ1n) is 6.58. The second-order valence-corrected chi connectivity index (χ2v) is 4.79. The molecule has 0 saturated carbocycles. The van der Waals surface area contributed by atoms with Crippen LogP contribution < -0.4 is 5.32 Å². The molecular weight excluding hydrogens is 279 g/mol. The molecule has 21 heavy (non-hydrogen) atoms. The molecule has 6 nitrogen and oxygen atoms in total. The van der Waals surface area contributed by atoms with Gasteiger partial charge in [0.25, 0.3) is 0 Å². The van der Waals surface area contributed by atoms with Crippen LogP contribution >= 0.6 is 0 Å². The third-order valence-electron chi connectivity index (χ3n) is 2.90. The van der Waals surface area contributed by atoms with Gasteiger partial charge in [0.2, 0.25) is 0 Å². The Morgan fingerprint density at radius 1 is 1.38 bits per heavy atom. The average molecular weight is 298 g/mol. The summed E-state index contributed by atoms with van der Waals surface area (Å²) in [5, 5.41) is 20.1. The number of carbonyl (C=O) groups excluding carboxylic acids is 1. The van der Waals surface area contributed by atoms with E-state index in [0.29, 0.717) is 13.0 Å². The SMILES string of the molecule is CC(C)N(CCCO)C(=O)Nc1cc(C(=O)O)ccc1F. The predicted molar refractivity (Wildman–Crippen MR) is 75.9 cm³/mol. The first kappa shape index (κ1) is 16.9.